The van der Waals surface area contributed by atoms with E-state index in [2.05, 4.69) is 67.8 Å². The summed E-state index contributed by atoms with van der Waals surface area (Å²) in [5, 5.41) is 15.9. The number of anilines is 1. The third-order valence-corrected chi connectivity index (χ3v) is 4.50. The zero-order valence-corrected chi connectivity index (χ0v) is 20.0. The van der Waals surface area contributed by atoms with Crippen LogP contribution in [0, 0.1) is 0 Å². The van der Waals surface area contributed by atoms with Gasteiger partial charge < -0.3 is 10.2 Å². The van der Waals surface area contributed by atoms with Gasteiger partial charge in [-0.05, 0) is 68.8 Å². The minimum atomic E-state index is 0.283. The molecule has 0 saturated carbocycles. The number of nitrogens with one attached hydrogen (secondary N) is 4. The Balaban J connectivity index is 2.55. The Morgan fingerprint density at radius 3 is 1.93 bits per heavy atom. The number of hydrogen-bond donors (Lipinski definition) is 4. The number of benzene rings is 1. The average Bonchev–Trinajstić information content (AvgIpc) is 2.75. The Morgan fingerprint density at radius 1 is 0.900 bits per heavy atom. The van der Waals surface area contributed by atoms with Crippen LogP contribution in [0.3, 0.4) is 0 Å². The summed E-state index contributed by atoms with van der Waals surface area (Å²) in [7, 11) is 1.72. The van der Waals surface area contributed by atoms with Gasteiger partial charge in [0.25, 0.3) is 0 Å². The van der Waals surface area contributed by atoms with E-state index in [0.29, 0.717) is 16.5 Å². The Bertz CT molecular complexity index is 766. The molecule has 0 atom stereocenters. The quantitative estimate of drug-likeness (QED) is 0.249. The van der Waals surface area contributed by atoms with Crippen molar-refractivity contribution in [2.24, 2.45) is 15.3 Å². The van der Waals surface area contributed by atoms with Crippen LogP contribution in [0.5, 0.6) is 0 Å². The van der Waals surface area contributed by atoms with Crippen LogP contribution in [0.4, 0.5) is 5.69 Å². The van der Waals surface area contributed by atoms with Crippen LogP contribution >= 0.6 is 24.4 Å². The van der Waals surface area contributed by atoms with Crippen molar-refractivity contribution in [3.63, 3.8) is 0 Å². The van der Waals surface area contributed by atoms with Gasteiger partial charge in [0, 0.05) is 25.8 Å². The molecule has 1 rings (SSSR count). The summed E-state index contributed by atoms with van der Waals surface area (Å²) in [6.45, 7) is 10.1. The smallest absolute Gasteiger partial charge is 0.207 e. The second-order valence-corrected chi connectivity index (χ2v) is 7.29. The first-order valence-corrected chi connectivity index (χ1v) is 10.7. The molecule has 8 nitrogen and oxygen atoms in total. The SMILES string of the molecule is CCCN(CCC)c1ccc(/C=N/NC(=S)N/N=C(C)/C(C)=N/NC(=S)NC)cc1. The van der Waals surface area contributed by atoms with Gasteiger partial charge in [-0.3, -0.25) is 16.3 Å². The maximum absolute atomic E-state index is 5.18. The molecule has 4 N–H and O–H groups in total. The molecular formula is C20H32N8S2. The molecular weight excluding hydrogens is 416 g/mol. The van der Waals surface area contributed by atoms with Crippen LogP contribution in [0.1, 0.15) is 46.1 Å². The Morgan fingerprint density at radius 2 is 1.43 bits per heavy atom. The molecule has 0 spiro atoms. The van der Waals surface area contributed by atoms with Crippen LogP contribution in [-0.2, 0) is 0 Å². The van der Waals surface area contributed by atoms with Crippen LogP contribution in [0.25, 0.3) is 0 Å². The molecule has 1 aromatic rings. The maximum atomic E-state index is 5.18. The van der Waals surface area contributed by atoms with Gasteiger partial charge in [0.05, 0.1) is 17.6 Å². The van der Waals surface area contributed by atoms with Crippen molar-refractivity contribution < 1.29 is 0 Å². The molecule has 0 radical (unpaired) electrons. The molecule has 164 valence electrons. The van der Waals surface area contributed by atoms with Gasteiger partial charge in [-0.15, -0.1) is 0 Å². The molecule has 30 heavy (non-hydrogen) atoms. The molecule has 1 aromatic carbocycles. The highest BCUT2D eigenvalue weighted by Gasteiger charge is 2.03. The van der Waals surface area contributed by atoms with Gasteiger partial charge in [-0.25, -0.2) is 0 Å². The van der Waals surface area contributed by atoms with Crippen LogP contribution in [0.2, 0.25) is 0 Å². The maximum Gasteiger partial charge on any atom is 0.207 e. The zero-order chi connectivity index (χ0) is 22.4. The Hall–Kier alpha value is -2.59. The van der Waals surface area contributed by atoms with Crippen molar-refractivity contribution in [1.29, 1.82) is 0 Å². The van der Waals surface area contributed by atoms with Crippen LogP contribution in [0.15, 0.2) is 39.6 Å². The molecule has 0 aromatic heterocycles. The zero-order valence-electron chi connectivity index (χ0n) is 18.3. The predicted octanol–water partition coefficient (Wildman–Crippen LogP) is 2.96. The molecule has 0 bridgehead atoms. The van der Waals surface area contributed by atoms with E-state index in [0.717, 1.165) is 31.5 Å². The Kier molecular flexibility index (Phi) is 12.2. The van der Waals surface area contributed by atoms with Gasteiger partial charge >= 0.3 is 0 Å². The fourth-order valence-corrected chi connectivity index (χ4v) is 2.50. The monoisotopic (exact) mass is 448 g/mol. The molecule has 0 aliphatic carbocycles. The van der Waals surface area contributed by atoms with Crippen LogP contribution in [-0.4, -0.2) is 48.0 Å². The summed E-state index contributed by atoms with van der Waals surface area (Å²) in [5.41, 5.74) is 11.7. The summed E-state index contributed by atoms with van der Waals surface area (Å²) in [6, 6.07) is 8.32. The van der Waals surface area contributed by atoms with Gasteiger partial charge in [0.2, 0.25) is 5.11 Å². The fourth-order valence-electron chi connectivity index (χ4n) is 2.36. The summed E-state index contributed by atoms with van der Waals surface area (Å²) in [5.74, 6) is 0. The molecule has 0 fully saturated rings. The highest BCUT2D eigenvalue weighted by atomic mass is 32.1. The van der Waals surface area contributed by atoms with Crippen LogP contribution < -0.4 is 26.5 Å². The topological polar surface area (TPSA) is 88.4 Å². The van der Waals surface area contributed by atoms with Crippen molar-refractivity contribution in [3.05, 3.63) is 29.8 Å². The third kappa shape index (κ3) is 9.75. The minimum Gasteiger partial charge on any atom is -0.372 e. The molecule has 0 unspecified atom stereocenters. The first-order chi connectivity index (χ1) is 14.4. The number of hydrazone groups is 3. The second kappa shape index (κ2) is 14.4. The van der Waals surface area contributed by atoms with E-state index in [1.54, 1.807) is 13.3 Å². The standard InChI is InChI=1S/C20H32N8S2/c1-6-12-28(13-7-2)18-10-8-17(9-11-18)14-22-25-20(30)27-24-16(4)15(3)23-26-19(29)21-5/h8-11,14H,6-7,12-13H2,1-5H3,(H2,21,26,29)(H2,25,27,30)/b22-14+,23-15+,24-16+. The summed E-state index contributed by atoms with van der Waals surface area (Å²) in [6.07, 6.45) is 3.98. The summed E-state index contributed by atoms with van der Waals surface area (Å²) >= 11 is 10.1. The number of hydrogen-bond acceptors (Lipinski definition) is 6. The van der Waals surface area contributed by atoms with Crippen molar-refractivity contribution >= 4 is 58.0 Å². The van der Waals surface area contributed by atoms with E-state index in [4.69, 9.17) is 24.4 Å². The molecule has 0 heterocycles. The van der Waals surface area contributed by atoms with E-state index < -0.39 is 0 Å². The Labute approximate surface area is 190 Å². The first-order valence-electron chi connectivity index (χ1n) is 9.91. The van der Waals surface area contributed by atoms with Crippen molar-refractivity contribution in [1.82, 2.24) is 21.6 Å². The van der Waals surface area contributed by atoms with E-state index in [9.17, 15) is 0 Å². The van der Waals surface area contributed by atoms with Crippen molar-refractivity contribution in [2.45, 2.75) is 40.5 Å². The average molecular weight is 449 g/mol. The lowest BCUT2D eigenvalue weighted by atomic mass is 10.2. The van der Waals surface area contributed by atoms with Crippen molar-refractivity contribution in [3.8, 4) is 0 Å². The minimum absolute atomic E-state index is 0.283. The first kappa shape index (κ1) is 25.4. The fraction of sp³-hybridized carbons (Fsp3) is 0.450. The highest BCUT2D eigenvalue weighted by Crippen LogP contribution is 2.15. The van der Waals surface area contributed by atoms with Gasteiger partial charge in [-0.2, -0.15) is 15.3 Å². The van der Waals surface area contributed by atoms with Gasteiger partial charge in [0.1, 0.15) is 0 Å². The van der Waals surface area contributed by atoms with Gasteiger partial charge in [0.15, 0.2) is 5.11 Å². The number of nitrogens with zero attached hydrogens (tertiary/aromatic N) is 4. The lowest BCUT2D eigenvalue weighted by Crippen LogP contribution is -2.31. The van der Waals surface area contributed by atoms with E-state index >= 15 is 0 Å². The lowest BCUT2D eigenvalue weighted by Gasteiger charge is -2.23. The molecule has 0 aliphatic rings. The lowest BCUT2D eigenvalue weighted by molar-refractivity contribution is 0.745. The predicted molar refractivity (Wildman–Crippen MR) is 137 cm³/mol. The largest absolute Gasteiger partial charge is 0.372 e. The second-order valence-electron chi connectivity index (χ2n) is 6.47. The number of rotatable bonds is 10. The van der Waals surface area contributed by atoms with Gasteiger partial charge in [-0.1, -0.05) is 26.0 Å². The molecule has 0 saturated heterocycles. The summed E-state index contributed by atoms with van der Waals surface area (Å²) < 4.78 is 0. The number of thiocarbonyl (C=S) groups is 2. The molecule has 0 amide bonds. The molecule has 10 heteroatoms. The third-order valence-electron chi connectivity index (χ3n) is 4.03. The highest BCUT2D eigenvalue weighted by molar-refractivity contribution is 7.80. The van der Waals surface area contributed by atoms with E-state index in [-0.39, 0.29) is 5.11 Å². The van der Waals surface area contributed by atoms with E-state index in [1.165, 1.54) is 5.69 Å². The van der Waals surface area contributed by atoms with E-state index in [1.807, 2.05) is 26.0 Å². The van der Waals surface area contributed by atoms with Crippen molar-refractivity contribution in [2.75, 3.05) is 25.0 Å². The normalized spacial score (nSPS) is 11.9. The molecule has 0 aliphatic heterocycles. The summed E-state index contributed by atoms with van der Waals surface area (Å²) in [4.78, 5) is 2.39.